The lowest BCUT2D eigenvalue weighted by atomic mass is 9.82. The van der Waals surface area contributed by atoms with E-state index in [0.717, 1.165) is 12.2 Å². The van der Waals surface area contributed by atoms with Gasteiger partial charge < -0.3 is 9.73 Å². The molecule has 2 heterocycles. The number of hydrogen-bond donors (Lipinski definition) is 1. The molecule has 2 aliphatic rings. The van der Waals surface area contributed by atoms with Crippen molar-refractivity contribution in [3.8, 4) is 0 Å². The van der Waals surface area contributed by atoms with Crippen molar-refractivity contribution >= 4 is 0 Å². The molecule has 1 N–H and O–H groups in total. The van der Waals surface area contributed by atoms with Gasteiger partial charge in [-0.15, -0.1) is 0 Å². The molecule has 3 rings (SSSR count). The fraction of sp³-hybridized carbons (Fsp3) is 0.765. The van der Waals surface area contributed by atoms with E-state index in [1.165, 1.54) is 58.0 Å². The lowest BCUT2D eigenvalue weighted by molar-refractivity contribution is 0.0375. The van der Waals surface area contributed by atoms with Crippen LogP contribution in [0.25, 0.3) is 0 Å². The molecule has 112 valence electrons. The van der Waals surface area contributed by atoms with E-state index in [4.69, 9.17) is 4.42 Å². The van der Waals surface area contributed by atoms with Gasteiger partial charge in [-0.2, -0.15) is 0 Å². The third-order valence-electron chi connectivity index (χ3n) is 5.44. The first-order valence-electron chi connectivity index (χ1n) is 8.30. The molecule has 1 aromatic rings. The summed E-state index contributed by atoms with van der Waals surface area (Å²) in [4.78, 5) is 2.80. The van der Waals surface area contributed by atoms with Crippen LogP contribution in [0.4, 0.5) is 0 Å². The fourth-order valence-corrected chi connectivity index (χ4v) is 4.40. The largest absolute Gasteiger partial charge is 0.469 e. The van der Waals surface area contributed by atoms with Gasteiger partial charge in [0.25, 0.3) is 0 Å². The Labute approximate surface area is 122 Å². The molecule has 1 unspecified atom stereocenters. The first-order valence-corrected chi connectivity index (χ1v) is 8.30. The molecule has 20 heavy (non-hydrogen) atoms. The number of hydrogen-bond acceptors (Lipinski definition) is 3. The summed E-state index contributed by atoms with van der Waals surface area (Å²) in [5.41, 5.74) is 0.363. The summed E-state index contributed by atoms with van der Waals surface area (Å²) in [5, 5.41) is 3.62. The molecule has 2 fully saturated rings. The Bertz CT molecular complexity index is 389. The zero-order valence-corrected chi connectivity index (χ0v) is 12.7. The summed E-state index contributed by atoms with van der Waals surface area (Å²) < 4.78 is 5.60. The van der Waals surface area contributed by atoms with Gasteiger partial charge in [0.05, 0.1) is 6.26 Å². The van der Waals surface area contributed by atoms with Crippen LogP contribution in [0, 0.1) is 0 Å². The topological polar surface area (TPSA) is 28.4 Å². The van der Waals surface area contributed by atoms with Gasteiger partial charge in [0.15, 0.2) is 0 Å². The number of rotatable bonds is 5. The fourth-order valence-electron chi connectivity index (χ4n) is 4.40. The first kappa shape index (κ1) is 14.2. The maximum atomic E-state index is 5.60. The van der Waals surface area contributed by atoms with Gasteiger partial charge in [-0.05, 0) is 58.0 Å². The monoisotopic (exact) mass is 276 g/mol. The molecule has 3 heteroatoms. The summed E-state index contributed by atoms with van der Waals surface area (Å²) in [7, 11) is 2.12. The lowest BCUT2D eigenvalue weighted by Gasteiger charge is -2.48. The van der Waals surface area contributed by atoms with E-state index in [2.05, 4.69) is 23.3 Å². The predicted molar refractivity (Wildman–Crippen MR) is 81.9 cm³/mol. The Hall–Kier alpha value is -0.800. The number of likely N-dealkylation sites (N-methyl/N-ethyl adjacent to an activating group) is 1. The van der Waals surface area contributed by atoms with Crippen molar-refractivity contribution in [2.75, 3.05) is 20.1 Å². The van der Waals surface area contributed by atoms with E-state index in [1.807, 2.05) is 6.07 Å². The van der Waals surface area contributed by atoms with Gasteiger partial charge in [-0.3, -0.25) is 4.90 Å². The second-order valence-electron chi connectivity index (χ2n) is 6.48. The average molecular weight is 276 g/mol. The molecule has 0 amide bonds. The van der Waals surface area contributed by atoms with Crippen LogP contribution in [-0.4, -0.2) is 36.6 Å². The second-order valence-corrected chi connectivity index (χ2v) is 6.48. The molecule has 1 aromatic heterocycles. The van der Waals surface area contributed by atoms with Gasteiger partial charge in [-0.25, -0.2) is 0 Å². The van der Waals surface area contributed by atoms with Crippen LogP contribution in [0.5, 0.6) is 0 Å². The van der Waals surface area contributed by atoms with Crippen LogP contribution in [0.3, 0.4) is 0 Å². The Balaban J connectivity index is 1.79. The number of nitrogens with one attached hydrogen (secondary N) is 1. The van der Waals surface area contributed by atoms with Gasteiger partial charge in [-0.1, -0.05) is 19.3 Å². The Morgan fingerprint density at radius 1 is 1.20 bits per heavy atom. The minimum atomic E-state index is 0.363. The third kappa shape index (κ3) is 2.66. The van der Waals surface area contributed by atoms with Gasteiger partial charge in [0.2, 0.25) is 0 Å². The summed E-state index contributed by atoms with van der Waals surface area (Å²) in [5.74, 6) is 1.12. The minimum absolute atomic E-state index is 0.363. The molecule has 0 aromatic carbocycles. The predicted octanol–water partition coefficient (Wildman–Crippen LogP) is 3.21. The maximum Gasteiger partial charge on any atom is 0.105 e. The van der Waals surface area contributed by atoms with Crippen LogP contribution in [0.15, 0.2) is 22.8 Å². The number of piperidine rings is 1. The standard InChI is InChI=1S/C17H28N2O/c1-18-16(14-15-8-7-13-20-15)17(9-3-4-10-17)19-11-5-2-6-12-19/h7-8,13,16,18H,2-6,9-12,14H2,1H3. The first-order chi connectivity index (χ1) is 9.85. The van der Waals surface area contributed by atoms with Crippen molar-refractivity contribution in [2.45, 2.75) is 62.9 Å². The molecule has 1 aliphatic carbocycles. The average Bonchev–Trinajstić information content (AvgIpc) is 3.18. The molecule has 0 bridgehead atoms. The number of nitrogens with zero attached hydrogens (tertiary/aromatic N) is 1. The molecule has 1 saturated heterocycles. The number of furan rings is 1. The summed E-state index contributed by atoms with van der Waals surface area (Å²) in [6.45, 7) is 2.58. The summed E-state index contributed by atoms with van der Waals surface area (Å²) >= 11 is 0. The molecule has 1 atom stereocenters. The van der Waals surface area contributed by atoms with Crippen molar-refractivity contribution in [1.82, 2.24) is 10.2 Å². The highest BCUT2D eigenvalue weighted by atomic mass is 16.3. The van der Waals surface area contributed by atoms with Crippen molar-refractivity contribution < 1.29 is 4.42 Å². The SMILES string of the molecule is CNC(Cc1ccco1)C1(N2CCCCC2)CCCC1. The molecule has 1 saturated carbocycles. The highest BCUT2D eigenvalue weighted by Gasteiger charge is 2.45. The molecular formula is C17H28N2O. The minimum Gasteiger partial charge on any atom is -0.469 e. The summed E-state index contributed by atoms with van der Waals surface area (Å²) in [6.07, 6.45) is 12.4. The van der Waals surface area contributed by atoms with Crippen LogP contribution in [0.1, 0.15) is 50.7 Å². The lowest BCUT2D eigenvalue weighted by Crippen LogP contribution is -2.61. The van der Waals surface area contributed by atoms with E-state index in [9.17, 15) is 0 Å². The van der Waals surface area contributed by atoms with Gasteiger partial charge in [0.1, 0.15) is 5.76 Å². The van der Waals surface area contributed by atoms with Crippen LogP contribution < -0.4 is 5.32 Å². The smallest absolute Gasteiger partial charge is 0.105 e. The highest BCUT2D eigenvalue weighted by molar-refractivity contribution is 5.09. The van der Waals surface area contributed by atoms with E-state index >= 15 is 0 Å². The Morgan fingerprint density at radius 3 is 2.55 bits per heavy atom. The second kappa shape index (κ2) is 6.31. The molecule has 0 radical (unpaired) electrons. The molecular weight excluding hydrogens is 248 g/mol. The van der Waals surface area contributed by atoms with E-state index < -0.39 is 0 Å². The molecule has 0 spiro atoms. The Kier molecular flexibility index (Phi) is 4.47. The quantitative estimate of drug-likeness (QED) is 0.895. The zero-order chi connectivity index (χ0) is 13.8. The maximum absolute atomic E-state index is 5.60. The van der Waals surface area contributed by atoms with E-state index in [1.54, 1.807) is 6.26 Å². The molecule has 1 aliphatic heterocycles. The normalized spacial score (nSPS) is 24.9. The van der Waals surface area contributed by atoms with Crippen molar-refractivity contribution in [1.29, 1.82) is 0 Å². The molecule has 3 nitrogen and oxygen atoms in total. The summed E-state index contributed by atoms with van der Waals surface area (Å²) in [6, 6.07) is 4.63. The van der Waals surface area contributed by atoms with E-state index in [0.29, 0.717) is 11.6 Å². The number of likely N-dealkylation sites (tertiary alicyclic amines) is 1. The van der Waals surface area contributed by atoms with Crippen molar-refractivity contribution in [3.63, 3.8) is 0 Å². The van der Waals surface area contributed by atoms with Crippen LogP contribution in [0.2, 0.25) is 0 Å². The van der Waals surface area contributed by atoms with Crippen molar-refractivity contribution in [2.24, 2.45) is 0 Å². The van der Waals surface area contributed by atoms with Crippen LogP contribution >= 0.6 is 0 Å². The zero-order valence-electron chi connectivity index (χ0n) is 12.7. The van der Waals surface area contributed by atoms with Crippen LogP contribution in [-0.2, 0) is 6.42 Å². The van der Waals surface area contributed by atoms with E-state index in [-0.39, 0.29) is 0 Å². The van der Waals surface area contributed by atoms with Crippen molar-refractivity contribution in [3.05, 3.63) is 24.2 Å². The van der Waals surface area contributed by atoms with Gasteiger partial charge in [0, 0.05) is 18.0 Å². The Morgan fingerprint density at radius 2 is 1.95 bits per heavy atom. The van der Waals surface area contributed by atoms with Gasteiger partial charge >= 0.3 is 0 Å². The third-order valence-corrected chi connectivity index (χ3v) is 5.44. The highest BCUT2D eigenvalue weighted by Crippen LogP contribution is 2.40.